The molecule has 0 radical (unpaired) electrons. The normalized spacial score (nSPS) is 17.1. The van der Waals surface area contributed by atoms with E-state index in [4.69, 9.17) is 5.11 Å². The molecule has 5 nitrogen and oxygen atoms in total. The maximum atomic E-state index is 10.6. The number of aromatic nitrogens is 3. The minimum Gasteiger partial charge on any atom is -0.481 e. The molecule has 0 amide bonds. The molecule has 1 aliphatic rings. The lowest BCUT2D eigenvalue weighted by molar-refractivity contribution is -0.133. The Morgan fingerprint density at radius 1 is 1.50 bits per heavy atom. The van der Waals surface area contributed by atoms with Gasteiger partial charge in [-0.3, -0.25) is 4.79 Å². The topological polar surface area (TPSA) is 68.0 Å². The predicted molar refractivity (Wildman–Crippen MR) is 69.6 cm³/mol. The third kappa shape index (κ3) is 2.68. The molecular weight excluding hydrogens is 250 g/mol. The highest BCUT2D eigenvalue weighted by Crippen LogP contribution is 2.53. The first-order valence-electron chi connectivity index (χ1n) is 6.19. The molecule has 1 aromatic heterocycles. The van der Waals surface area contributed by atoms with Gasteiger partial charge in [-0.25, -0.2) is 0 Å². The second kappa shape index (κ2) is 4.91. The fourth-order valence-electron chi connectivity index (χ4n) is 2.17. The molecule has 0 aliphatic heterocycles. The summed E-state index contributed by atoms with van der Waals surface area (Å²) in [5.74, 6) is 0.718. The van der Waals surface area contributed by atoms with E-state index < -0.39 is 5.97 Å². The Morgan fingerprint density at radius 2 is 2.17 bits per heavy atom. The molecule has 1 N–H and O–H groups in total. The van der Waals surface area contributed by atoms with Gasteiger partial charge in [-0.05, 0) is 31.1 Å². The second-order valence-electron chi connectivity index (χ2n) is 5.32. The first-order chi connectivity index (χ1) is 8.44. The third-order valence-corrected chi connectivity index (χ3v) is 4.77. The van der Waals surface area contributed by atoms with Crippen LogP contribution in [0.1, 0.15) is 32.5 Å². The van der Waals surface area contributed by atoms with Crippen LogP contribution in [0.4, 0.5) is 0 Å². The van der Waals surface area contributed by atoms with E-state index >= 15 is 0 Å². The van der Waals surface area contributed by atoms with Crippen molar-refractivity contribution in [3.05, 3.63) is 5.82 Å². The minimum atomic E-state index is -0.822. The fraction of sp³-hybridized carbons (Fsp3) is 0.750. The molecule has 18 heavy (non-hydrogen) atoms. The molecule has 1 saturated carbocycles. The highest BCUT2D eigenvalue weighted by atomic mass is 32.2. The third-order valence-electron chi connectivity index (χ3n) is 3.82. The molecule has 1 aliphatic carbocycles. The highest BCUT2D eigenvalue weighted by Gasteiger charge is 2.46. The standard InChI is InChI=1S/C12H19N3O2S/c1-8(2)12(4-5-12)7-15-9(3)13-14-11(15)18-6-10(16)17/h8H,4-7H2,1-3H3,(H,16,17). The number of rotatable bonds is 6. The summed E-state index contributed by atoms with van der Waals surface area (Å²) >= 11 is 1.25. The number of nitrogens with zero attached hydrogens (tertiary/aromatic N) is 3. The van der Waals surface area contributed by atoms with E-state index in [1.165, 1.54) is 24.6 Å². The fourth-order valence-corrected chi connectivity index (χ4v) is 2.87. The smallest absolute Gasteiger partial charge is 0.313 e. The Labute approximate surface area is 111 Å². The van der Waals surface area contributed by atoms with Gasteiger partial charge >= 0.3 is 5.97 Å². The van der Waals surface area contributed by atoms with Crippen molar-refractivity contribution in [2.24, 2.45) is 11.3 Å². The van der Waals surface area contributed by atoms with Gasteiger partial charge in [-0.1, -0.05) is 25.6 Å². The number of aryl methyl sites for hydroxylation is 1. The van der Waals surface area contributed by atoms with Crippen LogP contribution in [0.25, 0.3) is 0 Å². The average molecular weight is 269 g/mol. The SMILES string of the molecule is Cc1nnc(SCC(=O)O)n1CC1(C(C)C)CC1. The van der Waals surface area contributed by atoms with Crippen LogP contribution >= 0.6 is 11.8 Å². The van der Waals surface area contributed by atoms with E-state index in [1.807, 2.05) is 6.92 Å². The molecule has 0 unspecified atom stereocenters. The molecule has 0 spiro atoms. The van der Waals surface area contributed by atoms with Crippen molar-refractivity contribution in [3.8, 4) is 0 Å². The van der Waals surface area contributed by atoms with Crippen LogP contribution in [0.2, 0.25) is 0 Å². The summed E-state index contributed by atoms with van der Waals surface area (Å²) in [6, 6.07) is 0. The zero-order valence-electron chi connectivity index (χ0n) is 11.0. The van der Waals surface area contributed by atoms with Gasteiger partial charge in [-0.15, -0.1) is 10.2 Å². The number of carbonyl (C=O) groups is 1. The van der Waals surface area contributed by atoms with Crippen LogP contribution in [0.15, 0.2) is 5.16 Å². The summed E-state index contributed by atoms with van der Waals surface area (Å²) in [7, 11) is 0. The number of hydrogen-bond acceptors (Lipinski definition) is 4. The first kappa shape index (κ1) is 13.4. The van der Waals surface area contributed by atoms with Gasteiger partial charge in [-0.2, -0.15) is 0 Å². The molecule has 1 aromatic rings. The van der Waals surface area contributed by atoms with Crippen molar-refractivity contribution in [3.63, 3.8) is 0 Å². The van der Waals surface area contributed by atoms with E-state index in [1.54, 1.807) is 0 Å². The quantitative estimate of drug-likeness (QED) is 0.802. The molecule has 100 valence electrons. The number of aliphatic carboxylic acids is 1. The van der Waals surface area contributed by atoms with Crippen LogP contribution in [0.5, 0.6) is 0 Å². The van der Waals surface area contributed by atoms with Crippen LogP contribution in [0.3, 0.4) is 0 Å². The molecule has 1 fully saturated rings. The summed E-state index contributed by atoms with van der Waals surface area (Å²) in [6.45, 7) is 7.33. The number of thioether (sulfide) groups is 1. The summed E-state index contributed by atoms with van der Waals surface area (Å²) < 4.78 is 2.07. The average Bonchev–Trinajstić information content (AvgIpc) is 3.00. The van der Waals surface area contributed by atoms with E-state index in [0.717, 1.165) is 17.5 Å². The van der Waals surface area contributed by atoms with Crippen molar-refractivity contribution in [1.29, 1.82) is 0 Å². The maximum absolute atomic E-state index is 10.6. The van der Waals surface area contributed by atoms with E-state index in [2.05, 4.69) is 28.6 Å². The molecule has 1 heterocycles. The van der Waals surface area contributed by atoms with Crippen molar-refractivity contribution < 1.29 is 9.90 Å². The van der Waals surface area contributed by atoms with Gasteiger partial charge in [0.15, 0.2) is 5.16 Å². The summed E-state index contributed by atoms with van der Waals surface area (Å²) in [6.07, 6.45) is 2.48. The zero-order chi connectivity index (χ0) is 13.3. The van der Waals surface area contributed by atoms with Crippen molar-refractivity contribution in [2.75, 3.05) is 5.75 Å². The van der Waals surface area contributed by atoms with Crippen LogP contribution < -0.4 is 0 Å². The van der Waals surface area contributed by atoms with Gasteiger partial charge < -0.3 is 9.67 Å². The lowest BCUT2D eigenvalue weighted by atomic mass is 9.92. The van der Waals surface area contributed by atoms with E-state index in [-0.39, 0.29) is 5.75 Å². The Morgan fingerprint density at radius 3 is 2.67 bits per heavy atom. The Hall–Kier alpha value is -1.04. The summed E-state index contributed by atoms with van der Waals surface area (Å²) in [5, 5.41) is 17.6. The molecule has 0 aromatic carbocycles. The highest BCUT2D eigenvalue weighted by molar-refractivity contribution is 7.99. The molecule has 6 heteroatoms. The van der Waals surface area contributed by atoms with Gasteiger partial charge in [0, 0.05) is 6.54 Å². The molecule has 2 rings (SSSR count). The van der Waals surface area contributed by atoms with Gasteiger partial charge in [0.25, 0.3) is 0 Å². The van der Waals surface area contributed by atoms with Crippen molar-refractivity contribution >= 4 is 17.7 Å². The first-order valence-corrected chi connectivity index (χ1v) is 7.17. The van der Waals surface area contributed by atoms with Gasteiger partial charge in [0.2, 0.25) is 0 Å². The monoisotopic (exact) mass is 269 g/mol. The predicted octanol–water partition coefficient (Wildman–Crippen LogP) is 2.20. The summed E-state index contributed by atoms with van der Waals surface area (Å²) in [4.78, 5) is 10.6. The number of carboxylic acid groups (broad SMARTS) is 1. The molecular formula is C12H19N3O2S. The van der Waals surface area contributed by atoms with Gasteiger partial charge in [0.05, 0.1) is 5.75 Å². The number of carboxylic acids is 1. The number of hydrogen-bond donors (Lipinski definition) is 1. The minimum absolute atomic E-state index is 0.0345. The van der Waals surface area contributed by atoms with E-state index in [9.17, 15) is 4.79 Å². The molecule has 0 atom stereocenters. The Bertz CT molecular complexity index is 452. The van der Waals surface area contributed by atoms with Crippen LogP contribution in [-0.2, 0) is 11.3 Å². The lowest BCUT2D eigenvalue weighted by Crippen LogP contribution is -2.19. The molecule has 0 saturated heterocycles. The Balaban J connectivity index is 2.12. The maximum Gasteiger partial charge on any atom is 0.313 e. The van der Waals surface area contributed by atoms with Crippen molar-refractivity contribution in [2.45, 2.75) is 45.3 Å². The van der Waals surface area contributed by atoms with Crippen LogP contribution in [-0.4, -0.2) is 31.6 Å². The van der Waals surface area contributed by atoms with Crippen LogP contribution in [0, 0.1) is 18.3 Å². The van der Waals surface area contributed by atoms with Gasteiger partial charge in [0.1, 0.15) is 5.82 Å². The van der Waals surface area contributed by atoms with Crippen molar-refractivity contribution in [1.82, 2.24) is 14.8 Å². The summed E-state index contributed by atoms with van der Waals surface area (Å²) in [5.41, 5.74) is 0.367. The lowest BCUT2D eigenvalue weighted by Gasteiger charge is -2.21. The Kier molecular flexibility index (Phi) is 3.66. The zero-order valence-corrected chi connectivity index (χ0v) is 11.8. The second-order valence-corrected chi connectivity index (χ2v) is 6.26. The molecule has 0 bridgehead atoms. The van der Waals surface area contributed by atoms with E-state index in [0.29, 0.717) is 11.3 Å². The largest absolute Gasteiger partial charge is 0.481 e.